The summed E-state index contributed by atoms with van der Waals surface area (Å²) in [6, 6.07) is 20.7. The monoisotopic (exact) mass is 416 g/mol. The largest absolute Gasteiger partial charge is 0.369 e. The fourth-order valence-corrected chi connectivity index (χ4v) is 4.35. The maximum Gasteiger partial charge on any atom is 0.226 e. The molecule has 1 saturated heterocycles. The molecule has 3 aromatic rings. The molecule has 4 rings (SSSR count). The molecular weight excluding hydrogens is 384 g/mol. The number of amides is 1. The van der Waals surface area contributed by atoms with Crippen molar-refractivity contribution in [3.8, 4) is 0 Å². The molecule has 0 atom stereocenters. The number of carbonyl (C=O) groups is 1. The zero-order chi connectivity index (χ0) is 21.5. The molecule has 1 aliphatic rings. The summed E-state index contributed by atoms with van der Waals surface area (Å²) in [4.78, 5) is 24.1. The summed E-state index contributed by atoms with van der Waals surface area (Å²) in [5, 5.41) is 1.07. The molecule has 0 saturated carbocycles. The first-order valence-corrected chi connectivity index (χ1v) is 11.4. The third-order valence-corrected chi connectivity index (χ3v) is 6.12. The molecule has 1 amide bonds. The first kappa shape index (κ1) is 21.3. The normalized spacial score (nSPS) is 14.7. The van der Waals surface area contributed by atoms with Crippen molar-refractivity contribution in [1.29, 1.82) is 0 Å². The fourth-order valence-electron chi connectivity index (χ4n) is 4.35. The Morgan fingerprint density at radius 2 is 1.77 bits per heavy atom. The summed E-state index contributed by atoms with van der Waals surface area (Å²) in [5.74, 6) is 0.208. The van der Waals surface area contributed by atoms with Gasteiger partial charge in [0.25, 0.3) is 0 Å². The van der Waals surface area contributed by atoms with Gasteiger partial charge in [0.2, 0.25) is 5.91 Å². The lowest BCUT2D eigenvalue weighted by atomic mass is 10.1. The summed E-state index contributed by atoms with van der Waals surface area (Å²) in [6.45, 7) is 8.13. The van der Waals surface area contributed by atoms with Crippen molar-refractivity contribution in [2.75, 3.05) is 49.1 Å². The highest BCUT2D eigenvalue weighted by Crippen LogP contribution is 2.22. The minimum Gasteiger partial charge on any atom is -0.369 e. The van der Waals surface area contributed by atoms with Crippen LogP contribution in [0.3, 0.4) is 0 Å². The van der Waals surface area contributed by atoms with Crippen LogP contribution in [0.15, 0.2) is 66.9 Å². The van der Waals surface area contributed by atoms with E-state index in [0.717, 1.165) is 62.2 Å². The van der Waals surface area contributed by atoms with Crippen LogP contribution in [0.5, 0.6) is 0 Å². The van der Waals surface area contributed by atoms with Crippen LogP contribution in [-0.2, 0) is 4.79 Å². The van der Waals surface area contributed by atoms with Gasteiger partial charge in [0.15, 0.2) is 0 Å². The minimum atomic E-state index is 0.208. The standard InChI is InChI=1S/C26H32N4O/c1-2-30(24-13-14-25-22(21-24)9-8-15-27-25)26(31)12-6-7-16-28-17-19-29(20-18-28)23-10-4-3-5-11-23/h3-5,8-11,13-15,21H,2,6-7,12,16-20H2,1H3. The lowest BCUT2D eigenvalue weighted by Crippen LogP contribution is -2.46. The predicted molar refractivity (Wildman–Crippen MR) is 129 cm³/mol. The maximum atomic E-state index is 12.9. The Labute approximate surface area is 185 Å². The number of piperazine rings is 1. The van der Waals surface area contributed by atoms with Gasteiger partial charge in [0, 0.05) is 62.1 Å². The molecule has 1 aromatic heterocycles. The smallest absolute Gasteiger partial charge is 0.226 e. The zero-order valence-corrected chi connectivity index (χ0v) is 18.4. The van der Waals surface area contributed by atoms with Crippen molar-refractivity contribution in [3.05, 3.63) is 66.9 Å². The van der Waals surface area contributed by atoms with E-state index in [0.29, 0.717) is 13.0 Å². The number of benzene rings is 2. The van der Waals surface area contributed by atoms with Crippen LogP contribution >= 0.6 is 0 Å². The number of fused-ring (bicyclic) bond motifs is 1. The molecule has 0 bridgehead atoms. The van der Waals surface area contributed by atoms with Gasteiger partial charge >= 0.3 is 0 Å². The molecular formula is C26H32N4O. The molecule has 1 fully saturated rings. The van der Waals surface area contributed by atoms with Gasteiger partial charge in [-0.15, -0.1) is 0 Å². The van der Waals surface area contributed by atoms with Gasteiger partial charge in [-0.1, -0.05) is 24.3 Å². The predicted octanol–water partition coefficient (Wildman–Crippen LogP) is 4.58. The van der Waals surface area contributed by atoms with E-state index in [4.69, 9.17) is 0 Å². The quantitative estimate of drug-likeness (QED) is 0.504. The molecule has 5 heteroatoms. The second kappa shape index (κ2) is 10.4. The molecule has 0 N–H and O–H groups in total. The number of unbranched alkanes of at least 4 members (excludes halogenated alkanes) is 1. The van der Waals surface area contributed by atoms with Crippen LogP contribution in [0.1, 0.15) is 26.2 Å². The van der Waals surface area contributed by atoms with E-state index in [2.05, 4.69) is 51.2 Å². The number of anilines is 2. The summed E-state index contributed by atoms with van der Waals surface area (Å²) < 4.78 is 0. The van der Waals surface area contributed by atoms with E-state index in [-0.39, 0.29) is 5.91 Å². The number of hydrogen-bond donors (Lipinski definition) is 0. The Morgan fingerprint density at radius 3 is 2.55 bits per heavy atom. The Bertz CT molecular complexity index is 983. The van der Waals surface area contributed by atoms with E-state index in [9.17, 15) is 4.79 Å². The van der Waals surface area contributed by atoms with Crippen molar-refractivity contribution >= 4 is 28.2 Å². The van der Waals surface area contributed by atoms with E-state index in [1.807, 2.05) is 36.1 Å². The van der Waals surface area contributed by atoms with Gasteiger partial charge in [0.05, 0.1) is 5.52 Å². The Kier molecular flexibility index (Phi) is 7.15. The SMILES string of the molecule is CCN(C(=O)CCCCN1CCN(c2ccccc2)CC1)c1ccc2ncccc2c1. The molecule has 0 aliphatic carbocycles. The molecule has 2 aromatic carbocycles. The van der Waals surface area contributed by atoms with Gasteiger partial charge < -0.3 is 9.80 Å². The highest BCUT2D eigenvalue weighted by Gasteiger charge is 2.18. The molecule has 2 heterocycles. The fraction of sp³-hybridized carbons (Fsp3) is 0.385. The van der Waals surface area contributed by atoms with Crippen molar-refractivity contribution in [3.63, 3.8) is 0 Å². The maximum absolute atomic E-state index is 12.9. The number of aromatic nitrogens is 1. The van der Waals surface area contributed by atoms with E-state index in [1.54, 1.807) is 6.20 Å². The van der Waals surface area contributed by atoms with Gasteiger partial charge in [-0.3, -0.25) is 14.7 Å². The highest BCUT2D eigenvalue weighted by molar-refractivity contribution is 5.95. The van der Waals surface area contributed by atoms with E-state index >= 15 is 0 Å². The third-order valence-electron chi connectivity index (χ3n) is 6.12. The average Bonchev–Trinajstić information content (AvgIpc) is 2.83. The van der Waals surface area contributed by atoms with Crippen molar-refractivity contribution in [2.24, 2.45) is 0 Å². The van der Waals surface area contributed by atoms with Crippen LogP contribution in [0.25, 0.3) is 10.9 Å². The lowest BCUT2D eigenvalue weighted by molar-refractivity contribution is -0.118. The second-order valence-electron chi connectivity index (χ2n) is 8.14. The zero-order valence-electron chi connectivity index (χ0n) is 18.4. The first-order chi connectivity index (χ1) is 15.2. The number of carbonyl (C=O) groups excluding carboxylic acids is 1. The summed E-state index contributed by atoms with van der Waals surface area (Å²) in [7, 11) is 0. The molecule has 5 nitrogen and oxygen atoms in total. The van der Waals surface area contributed by atoms with Crippen LogP contribution in [-0.4, -0.2) is 55.1 Å². The minimum absolute atomic E-state index is 0.208. The van der Waals surface area contributed by atoms with Gasteiger partial charge in [0.1, 0.15) is 0 Å². The average molecular weight is 417 g/mol. The first-order valence-electron chi connectivity index (χ1n) is 11.4. The number of rotatable bonds is 8. The van der Waals surface area contributed by atoms with Gasteiger partial charge in [-0.05, 0) is 62.7 Å². The number of para-hydroxylation sites is 1. The molecule has 162 valence electrons. The summed E-state index contributed by atoms with van der Waals surface area (Å²) in [6.07, 6.45) is 4.40. The Morgan fingerprint density at radius 1 is 0.968 bits per heavy atom. The van der Waals surface area contributed by atoms with Crippen LogP contribution < -0.4 is 9.80 Å². The Balaban J connectivity index is 1.21. The van der Waals surface area contributed by atoms with E-state index < -0.39 is 0 Å². The number of pyridine rings is 1. The second-order valence-corrected chi connectivity index (χ2v) is 8.14. The number of hydrogen-bond acceptors (Lipinski definition) is 4. The molecule has 1 aliphatic heterocycles. The molecule has 0 unspecified atom stereocenters. The van der Waals surface area contributed by atoms with Crippen molar-refractivity contribution in [1.82, 2.24) is 9.88 Å². The Hall–Kier alpha value is -2.92. The van der Waals surface area contributed by atoms with Crippen LogP contribution in [0.4, 0.5) is 11.4 Å². The number of nitrogens with zero attached hydrogens (tertiary/aromatic N) is 4. The van der Waals surface area contributed by atoms with Crippen molar-refractivity contribution < 1.29 is 4.79 Å². The van der Waals surface area contributed by atoms with Crippen molar-refractivity contribution in [2.45, 2.75) is 26.2 Å². The topological polar surface area (TPSA) is 39.7 Å². The van der Waals surface area contributed by atoms with Gasteiger partial charge in [-0.25, -0.2) is 0 Å². The highest BCUT2D eigenvalue weighted by atomic mass is 16.2. The van der Waals surface area contributed by atoms with Crippen LogP contribution in [0.2, 0.25) is 0 Å². The lowest BCUT2D eigenvalue weighted by Gasteiger charge is -2.36. The van der Waals surface area contributed by atoms with Gasteiger partial charge in [-0.2, -0.15) is 0 Å². The summed E-state index contributed by atoms with van der Waals surface area (Å²) >= 11 is 0. The third kappa shape index (κ3) is 5.42. The molecule has 0 spiro atoms. The van der Waals surface area contributed by atoms with Crippen LogP contribution in [0, 0.1) is 0 Å². The van der Waals surface area contributed by atoms with E-state index in [1.165, 1.54) is 5.69 Å². The summed E-state index contributed by atoms with van der Waals surface area (Å²) in [5.41, 5.74) is 3.24. The molecule has 31 heavy (non-hydrogen) atoms. The molecule has 0 radical (unpaired) electrons.